The molecule has 4 aliphatic rings. The van der Waals surface area contributed by atoms with Gasteiger partial charge in [-0.3, -0.25) is 0 Å². The topological polar surface area (TPSA) is 148 Å². The van der Waals surface area contributed by atoms with Crippen molar-refractivity contribution in [2.45, 2.75) is 6.10 Å². The predicted molar refractivity (Wildman–Crippen MR) is 193 cm³/mol. The summed E-state index contributed by atoms with van der Waals surface area (Å²) >= 11 is 6.44. The van der Waals surface area contributed by atoms with Gasteiger partial charge in [0.1, 0.15) is 34.7 Å². The molecule has 0 amide bonds. The van der Waals surface area contributed by atoms with Crippen LogP contribution in [-0.4, -0.2) is 73.7 Å². The van der Waals surface area contributed by atoms with Gasteiger partial charge < -0.3 is 46.6 Å². The number of hydrogen-bond acceptors (Lipinski definition) is 14. The molecule has 2 bridgehead atoms. The van der Waals surface area contributed by atoms with E-state index in [0.29, 0.717) is 22.3 Å². The Balaban J connectivity index is 1.48. The van der Waals surface area contributed by atoms with Crippen LogP contribution in [0, 0.1) is 0 Å². The van der Waals surface area contributed by atoms with Gasteiger partial charge in [0, 0.05) is 22.3 Å². The zero-order valence-corrected chi connectivity index (χ0v) is 28.2. The highest BCUT2D eigenvalue weighted by Crippen LogP contribution is 2.24. The van der Waals surface area contributed by atoms with Gasteiger partial charge >= 0.3 is 14.1 Å². The van der Waals surface area contributed by atoms with E-state index in [0.717, 1.165) is 0 Å². The predicted octanol–water partition coefficient (Wildman–Crippen LogP) is 5.86. The van der Waals surface area contributed by atoms with Gasteiger partial charge in [-0.15, -0.1) is 30.9 Å². The highest BCUT2D eigenvalue weighted by molar-refractivity contribution is 6.84. The minimum absolute atomic E-state index is 0.0975. The van der Waals surface area contributed by atoms with Crippen LogP contribution in [0.1, 0.15) is 22.3 Å². The molecule has 0 radical (unpaired) electrons. The molecular formula is C34H27B2ClF2N6O8-2. The second-order valence-corrected chi connectivity index (χ2v) is 11.6. The van der Waals surface area contributed by atoms with Gasteiger partial charge in [0.05, 0.1) is 19.8 Å². The van der Waals surface area contributed by atoms with Gasteiger partial charge in [0.25, 0.3) is 0 Å². The smallest absolute Gasteiger partial charge is 0.509 e. The molecule has 4 heterocycles. The maximum Gasteiger partial charge on any atom is 0.812 e. The fourth-order valence-electron chi connectivity index (χ4n) is 5.04. The highest BCUT2D eigenvalue weighted by Gasteiger charge is 2.45. The van der Waals surface area contributed by atoms with E-state index >= 15 is 8.63 Å². The second-order valence-electron chi connectivity index (χ2n) is 11.3. The first-order valence-corrected chi connectivity index (χ1v) is 16.5. The maximum atomic E-state index is 17.2. The first-order chi connectivity index (χ1) is 25.9. The largest absolute Gasteiger partial charge is 0.812 e. The number of rotatable bonds is 5. The molecule has 0 aromatic heterocycles. The van der Waals surface area contributed by atoms with Crippen LogP contribution in [0.5, 0.6) is 0 Å². The van der Waals surface area contributed by atoms with Crippen LogP contribution in [-0.2, 0) is 38.0 Å². The standard InChI is InChI=1S/C34H27B2ClF2N6O8/c37-34-33(28-23-46-21-22-47-28)44-52-35(38)48-40-29(24-13-5-1-6-14-24)31(26-17-9-3-10-18-26)42-50-36(39,53-45-34)51-43-32(27-19-11-4-12-20-27)30(41-49-35)25-15-7-2-8-16-25/h1-20,28H,21-23H2/q-2/b40-29-,41-30+,42-31-,43-32+,44-33+,45-34-. The Labute approximate surface area is 305 Å². The summed E-state index contributed by atoms with van der Waals surface area (Å²) in [6.45, 7) is 0.220. The fourth-order valence-corrected chi connectivity index (χ4v) is 5.24. The van der Waals surface area contributed by atoms with Crippen LogP contribution < -0.4 is 0 Å². The van der Waals surface area contributed by atoms with Crippen molar-refractivity contribution < 1.29 is 46.6 Å². The Morgan fingerprint density at radius 3 is 1.15 bits per heavy atom. The lowest BCUT2D eigenvalue weighted by Crippen LogP contribution is -2.43. The number of benzene rings is 4. The van der Waals surface area contributed by atoms with Crippen LogP contribution in [0.2, 0.25) is 0 Å². The maximum absolute atomic E-state index is 17.2. The molecule has 14 nitrogen and oxygen atoms in total. The summed E-state index contributed by atoms with van der Waals surface area (Å²) in [5.74, 6) is 0. The van der Waals surface area contributed by atoms with E-state index in [9.17, 15) is 0 Å². The average molecular weight is 743 g/mol. The zero-order valence-electron chi connectivity index (χ0n) is 27.5. The molecule has 0 spiro atoms. The molecule has 3 atom stereocenters. The summed E-state index contributed by atoms with van der Waals surface area (Å²) < 4.78 is 77.7. The number of hydrogen-bond donors (Lipinski definition) is 0. The lowest BCUT2D eigenvalue weighted by Gasteiger charge is -2.31. The zero-order chi connectivity index (χ0) is 36.5. The van der Waals surface area contributed by atoms with E-state index in [4.69, 9.17) is 49.6 Å². The fraction of sp³-hybridized carbons (Fsp3) is 0.118. The van der Waals surface area contributed by atoms with Crippen molar-refractivity contribution >= 4 is 59.4 Å². The molecule has 1 saturated heterocycles. The minimum atomic E-state index is -4.64. The highest BCUT2D eigenvalue weighted by atomic mass is 35.5. The lowest BCUT2D eigenvalue weighted by atomic mass is 10.00. The Bertz CT molecular complexity index is 1960. The number of fused-ring (bicyclic) bond motifs is 9. The summed E-state index contributed by atoms with van der Waals surface area (Å²) in [5.41, 5.74) is 0.202. The number of oxime groups is 6. The van der Waals surface area contributed by atoms with Crippen molar-refractivity contribution in [2.24, 2.45) is 30.9 Å². The summed E-state index contributed by atoms with van der Waals surface area (Å²) in [5, 5.41) is 23.1. The molecule has 270 valence electrons. The van der Waals surface area contributed by atoms with Gasteiger partial charge in [-0.2, -0.15) is 0 Å². The van der Waals surface area contributed by atoms with Crippen LogP contribution >= 0.6 is 11.6 Å². The Morgan fingerprint density at radius 2 is 0.811 bits per heavy atom. The van der Waals surface area contributed by atoms with Gasteiger partial charge in [0.15, 0.2) is 5.17 Å². The Morgan fingerprint density at radius 1 is 0.472 bits per heavy atom. The minimum Gasteiger partial charge on any atom is -0.509 e. The van der Waals surface area contributed by atoms with Crippen molar-refractivity contribution in [1.82, 2.24) is 0 Å². The van der Waals surface area contributed by atoms with E-state index in [1.807, 2.05) is 0 Å². The molecule has 4 aromatic rings. The van der Waals surface area contributed by atoms with Crippen molar-refractivity contribution in [3.8, 4) is 0 Å². The van der Waals surface area contributed by atoms with Crippen LogP contribution in [0.25, 0.3) is 0 Å². The van der Waals surface area contributed by atoms with E-state index in [2.05, 4.69) is 30.9 Å². The van der Waals surface area contributed by atoms with Crippen LogP contribution in [0.3, 0.4) is 0 Å². The molecular weight excluding hydrogens is 715 g/mol. The second kappa shape index (κ2) is 16.1. The van der Waals surface area contributed by atoms with Gasteiger partial charge in [-0.1, -0.05) is 133 Å². The molecule has 1 fully saturated rings. The molecule has 4 aliphatic heterocycles. The summed E-state index contributed by atoms with van der Waals surface area (Å²) in [7, 11) is -9.27. The average Bonchev–Trinajstić information content (AvgIpc) is 3.21. The monoisotopic (exact) mass is 742 g/mol. The third-order valence-electron chi connectivity index (χ3n) is 7.59. The van der Waals surface area contributed by atoms with E-state index in [1.54, 1.807) is 121 Å². The Hall–Kier alpha value is -6.10. The summed E-state index contributed by atoms with van der Waals surface area (Å²) in [4.78, 5) is 0. The molecule has 3 unspecified atom stereocenters. The number of halogens is 3. The molecule has 0 saturated carbocycles. The van der Waals surface area contributed by atoms with Gasteiger partial charge in [-0.25, -0.2) is 0 Å². The summed E-state index contributed by atoms with van der Waals surface area (Å²) in [6, 6.07) is 33.3. The van der Waals surface area contributed by atoms with Crippen molar-refractivity contribution in [3.05, 3.63) is 144 Å². The summed E-state index contributed by atoms with van der Waals surface area (Å²) in [6.07, 6.45) is -1.09. The molecule has 0 aliphatic carbocycles. The van der Waals surface area contributed by atoms with Gasteiger partial charge in [-0.05, 0) is 0 Å². The normalized spacial score (nSPS) is 29.7. The van der Waals surface area contributed by atoms with Crippen molar-refractivity contribution in [3.63, 3.8) is 0 Å². The number of nitrogens with zero attached hydrogens (tertiary/aromatic N) is 6. The van der Waals surface area contributed by atoms with E-state index < -0.39 is 31.0 Å². The van der Waals surface area contributed by atoms with Crippen molar-refractivity contribution in [2.75, 3.05) is 19.8 Å². The molecule has 4 aromatic carbocycles. The van der Waals surface area contributed by atoms with Crippen molar-refractivity contribution in [1.29, 1.82) is 0 Å². The van der Waals surface area contributed by atoms with E-state index in [-0.39, 0.29) is 42.7 Å². The molecule has 0 N–H and O–H groups in total. The SMILES string of the molecule is F[B-]12O/N=C(Cl)/C(C3COCCO3)=N/O[B-](F)(O/N=C(c3ccccc3)\C(c3ccccc3)=N/O1)O/N=C(c1ccccc1)/C(c1ccccc1)=N/O2. The number of ether oxygens (including phenoxy) is 2. The van der Waals surface area contributed by atoms with E-state index in [1.165, 1.54) is 0 Å². The van der Waals surface area contributed by atoms with Gasteiger partial charge in [0.2, 0.25) is 0 Å². The first-order valence-electron chi connectivity index (χ1n) is 16.2. The molecule has 19 heteroatoms. The van der Waals surface area contributed by atoms with Crippen LogP contribution in [0.4, 0.5) is 8.63 Å². The lowest BCUT2D eigenvalue weighted by molar-refractivity contribution is -0.0600. The van der Waals surface area contributed by atoms with Crippen LogP contribution in [0.15, 0.2) is 152 Å². The third kappa shape index (κ3) is 8.52. The third-order valence-corrected chi connectivity index (χ3v) is 7.85. The molecule has 8 rings (SSSR count). The Kier molecular flexibility index (Phi) is 10.7. The quantitative estimate of drug-likeness (QED) is 0.231. The first kappa shape index (κ1) is 35.3. The molecule has 53 heavy (non-hydrogen) atoms.